The smallest absolute Gasteiger partial charge is 0.243 e. The van der Waals surface area contributed by atoms with E-state index in [0.717, 1.165) is 16.7 Å². The molecule has 0 aliphatic rings. The number of amides is 2. The van der Waals surface area contributed by atoms with Crippen LogP contribution >= 0.6 is 0 Å². The van der Waals surface area contributed by atoms with E-state index in [2.05, 4.69) is 10.0 Å². The fourth-order valence-electron chi connectivity index (χ4n) is 4.71. The SMILES string of the molecule is CCNS(=O)(=O)c1ccc(CCC(=O)N(Cc2ccc(OC)cc2)[C@@H](Cc2ccccc2)C(=O)NCCCOC(C)C)cc1. The Hall–Kier alpha value is -3.73. The van der Waals surface area contributed by atoms with Crippen molar-refractivity contribution >= 4 is 21.8 Å². The van der Waals surface area contributed by atoms with Gasteiger partial charge in [-0.15, -0.1) is 0 Å². The third kappa shape index (κ3) is 11.1. The van der Waals surface area contributed by atoms with Crippen LogP contribution in [0.1, 0.15) is 50.3 Å². The van der Waals surface area contributed by atoms with E-state index < -0.39 is 16.1 Å². The van der Waals surface area contributed by atoms with Crippen molar-refractivity contribution < 1.29 is 27.5 Å². The maximum atomic E-state index is 13.9. The van der Waals surface area contributed by atoms with Crippen molar-refractivity contribution in [3.05, 3.63) is 95.6 Å². The summed E-state index contributed by atoms with van der Waals surface area (Å²) in [6.07, 6.45) is 1.67. The molecular formula is C34H45N3O6S. The zero-order chi connectivity index (χ0) is 32.0. The van der Waals surface area contributed by atoms with Gasteiger partial charge in [0.1, 0.15) is 11.8 Å². The Bertz CT molecular complexity index is 1410. The molecule has 0 bridgehead atoms. The first-order chi connectivity index (χ1) is 21.1. The molecule has 3 aromatic rings. The molecular weight excluding hydrogens is 578 g/mol. The Morgan fingerprint density at radius 1 is 0.886 bits per heavy atom. The first kappa shape index (κ1) is 34.8. The van der Waals surface area contributed by atoms with E-state index in [4.69, 9.17) is 9.47 Å². The van der Waals surface area contributed by atoms with Gasteiger partial charge in [0.25, 0.3) is 0 Å². The van der Waals surface area contributed by atoms with Crippen LogP contribution in [0.5, 0.6) is 5.75 Å². The van der Waals surface area contributed by atoms with Crippen LogP contribution in [0.3, 0.4) is 0 Å². The molecule has 3 aromatic carbocycles. The third-order valence-corrected chi connectivity index (χ3v) is 8.61. The number of carbonyl (C=O) groups is 2. The van der Waals surface area contributed by atoms with Crippen molar-refractivity contribution in [1.29, 1.82) is 0 Å². The van der Waals surface area contributed by atoms with Gasteiger partial charge in [0.15, 0.2) is 0 Å². The lowest BCUT2D eigenvalue weighted by Gasteiger charge is -2.32. The lowest BCUT2D eigenvalue weighted by Crippen LogP contribution is -2.50. The van der Waals surface area contributed by atoms with E-state index in [1.165, 1.54) is 0 Å². The largest absolute Gasteiger partial charge is 0.497 e. The highest BCUT2D eigenvalue weighted by atomic mass is 32.2. The summed E-state index contributed by atoms with van der Waals surface area (Å²) >= 11 is 0. The summed E-state index contributed by atoms with van der Waals surface area (Å²) in [6, 6.07) is 22.9. The molecule has 0 heterocycles. The van der Waals surface area contributed by atoms with E-state index in [0.29, 0.717) is 44.7 Å². The summed E-state index contributed by atoms with van der Waals surface area (Å²) in [5.74, 6) is 0.302. The van der Waals surface area contributed by atoms with Gasteiger partial charge in [0, 0.05) is 39.1 Å². The van der Waals surface area contributed by atoms with Gasteiger partial charge in [-0.2, -0.15) is 0 Å². The number of nitrogens with zero attached hydrogens (tertiary/aromatic N) is 1. The average Bonchev–Trinajstić information content (AvgIpc) is 3.02. The van der Waals surface area contributed by atoms with E-state index in [1.54, 1.807) is 43.2 Å². The third-order valence-electron chi connectivity index (χ3n) is 7.05. The Kier molecular flexibility index (Phi) is 13.9. The van der Waals surface area contributed by atoms with Gasteiger partial charge in [-0.3, -0.25) is 9.59 Å². The molecule has 10 heteroatoms. The molecule has 0 saturated heterocycles. The van der Waals surface area contributed by atoms with E-state index >= 15 is 0 Å². The second-order valence-electron chi connectivity index (χ2n) is 10.8. The van der Waals surface area contributed by atoms with Crippen LogP contribution in [0, 0.1) is 0 Å². The number of hydrogen-bond acceptors (Lipinski definition) is 6. The van der Waals surface area contributed by atoms with Crippen molar-refractivity contribution in [3.8, 4) is 5.75 Å². The fourth-order valence-corrected chi connectivity index (χ4v) is 5.75. The summed E-state index contributed by atoms with van der Waals surface area (Å²) in [5.41, 5.74) is 2.64. The van der Waals surface area contributed by atoms with Crippen molar-refractivity contribution in [2.24, 2.45) is 0 Å². The van der Waals surface area contributed by atoms with Gasteiger partial charge in [-0.1, -0.05) is 61.5 Å². The molecule has 9 nitrogen and oxygen atoms in total. The van der Waals surface area contributed by atoms with Crippen LogP contribution in [-0.4, -0.2) is 64.1 Å². The van der Waals surface area contributed by atoms with Crippen molar-refractivity contribution in [2.45, 2.75) is 70.0 Å². The molecule has 0 radical (unpaired) electrons. The molecule has 0 saturated carbocycles. The van der Waals surface area contributed by atoms with E-state index in [9.17, 15) is 18.0 Å². The maximum Gasteiger partial charge on any atom is 0.243 e. The highest BCUT2D eigenvalue weighted by molar-refractivity contribution is 7.89. The molecule has 238 valence electrons. The summed E-state index contributed by atoms with van der Waals surface area (Å²) in [5, 5.41) is 3.02. The molecule has 2 amide bonds. The van der Waals surface area contributed by atoms with Gasteiger partial charge in [0.2, 0.25) is 21.8 Å². The number of ether oxygens (including phenoxy) is 2. The standard InChI is InChI=1S/C34H45N3O6S/c1-5-36-44(40,41)31-19-14-27(15-20-31)16-21-33(38)37(25-29-12-17-30(42-4)18-13-29)32(24-28-10-7-6-8-11-28)34(39)35-22-9-23-43-26(2)3/h6-8,10-15,17-20,26,32,36H,5,9,16,21-25H2,1-4H3,(H,35,39)/t32-/m0/s1. The Balaban J connectivity index is 1.84. The quantitative estimate of drug-likeness (QED) is 0.202. The second-order valence-corrected chi connectivity index (χ2v) is 12.6. The minimum absolute atomic E-state index is 0.114. The zero-order valence-corrected chi connectivity index (χ0v) is 26.9. The number of benzene rings is 3. The van der Waals surface area contributed by atoms with Crippen LogP contribution in [0.2, 0.25) is 0 Å². The Labute approximate surface area is 262 Å². The molecule has 44 heavy (non-hydrogen) atoms. The molecule has 1 atom stereocenters. The highest BCUT2D eigenvalue weighted by Crippen LogP contribution is 2.19. The summed E-state index contributed by atoms with van der Waals surface area (Å²) in [4.78, 5) is 29.5. The predicted octanol–water partition coefficient (Wildman–Crippen LogP) is 4.50. The van der Waals surface area contributed by atoms with Crippen LogP contribution in [0.15, 0.2) is 83.8 Å². The van der Waals surface area contributed by atoms with Gasteiger partial charge in [-0.25, -0.2) is 13.1 Å². The summed E-state index contributed by atoms with van der Waals surface area (Å²) in [6.45, 7) is 7.17. The first-order valence-electron chi connectivity index (χ1n) is 15.1. The van der Waals surface area contributed by atoms with Gasteiger partial charge in [-0.05, 0) is 67.6 Å². The molecule has 0 spiro atoms. The van der Waals surface area contributed by atoms with Gasteiger partial charge < -0.3 is 19.7 Å². The van der Waals surface area contributed by atoms with Crippen molar-refractivity contribution in [1.82, 2.24) is 14.9 Å². The second kappa shape index (κ2) is 17.5. The molecule has 0 aliphatic carbocycles. The molecule has 0 unspecified atom stereocenters. The molecule has 3 rings (SSSR count). The first-order valence-corrected chi connectivity index (χ1v) is 16.6. The van der Waals surface area contributed by atoms with Gasteiger partial charge >= 0.3 is 0 Å². The van der Waals surface area contributed by atoms with Crippen molar-refractivity contribution in [3.63, 3.8) is 0 Å². The minimum Gasteiger partial charge on any atom is -0.497 e. The summed E-state index contributed by atoms with van der Waals surface area (Å²) < 4.78 is 38.0. The molecule has 0 aliphatic heterocycles. The highest BCUT2D eigenvalue weighted by Gasteiger charge is 2.30. The Morgan fingerprint density at radius 3 is 2.16 bits per heavy atom. The van der Waals surface area contributed by atoms with Gasteiger partial charge in [0.05, 0.1) is 18.1 Å². The average molecular weight is 624 g/mol. The zero-order valence-electron chi connectivity index (χ0n) is 26.1. The predicted molar refractivity (Wildman–Crippen MR) is 172 cm³/mol. The molecule has 2 N–H and O–H groups in total. The monoisotopic (exact) mass is 623 g/mol. The van der Waals surface area contributed by atoms with E-state index in [1.807, 2.05) is 68.4 Å². The van der Waals surface area contributed by atoms with Crippen LogP contribution in [0.4, 0.5) is 0 Å². The number of rotatable bonds is 18. The van der Waals surface area contributed by atoms with Crippen LogP contribution in [-0.2, 0) is 43.7 Å². The number of hydrogen-bond donors (Lipinski definition) is 2. The Morgan fingerprint density at radius 2 is 1.55 bits per heavy atom. The number of carbonyl (C=O) groups excluding carboxylic acids is 2. The lowest BCUT2D eigenvalue weighted by atomic mass is 10.0. The molecule has 0 fully saturated rings. The maximum absolute atomic E-state index is 13.9. The van der Waals surface area contributed by atoms with E-state index in [-0.39, 0.29) is 35.8 Å². The molecule has 0 aromatic heterocycles. The topological polar surface area (TPSA) is 114 Å². The number of nitrogens with one attached hydrogen (secondary N) is 2. The van der Waals surface area contributed by atoms with Crippen molar-refractivity contribution in [2.75, 3.05) is 26.8 Å². The minimum atomic E-state index is -3.56. The number of sulfonamides is 1. The van der Waals surface area contributed by atoms with Crippen LogP contribution < -0.4 is 14.8 Å². The normalized spacial score (nSPS) is 12.1. The lowest BCUT2D eigenvalue weighted by molar-refractivity contribution is -0.141. The fraction of sp³-hybridized carbons (Fsp3) is 0.412. The summed E-state index contributed by atoms with van der Waals surface area (Å²) in [7, 11) is -1.97. The van der Waals surface area contributed by atoms with Crippen LogP contribution in [0.25, 0.3) is 0 Å². The number of methoxy groups -OCH3 is 1. The number of aryl methyl sites for hydroxylation is 1.